The average Bonchev–Trinajstić information content (AvgIpc) is 2.92. The van der Waals surface area contributed by atoms with E-state index in [2.05, 4.69) is 6.92 Å². The van der Waals surface area contributed by atoms with Crippen LogP contribution in [0.4, 0.5) is 0 Å². The largest absolute Gasteiger partial charge is 0.481 e. The molecule has 1 aliphatic rings. The van der Waals surface area contributed by atoms with E-state index >= 15 is 0 Å². The van der Waals surface area contributed by atoms with Gasteiger partial charge in [-0.2, -0.15) is 0 Å². The van der Waals surface area contributed by atoms with E-state index in [-0.39, 0.29) is 12.4 Å². The Morgan fingerprint density at radius 1 is 1.30 bits per heavy atom. The molecule has 0 bridgehead atoms. The van der Waals surface area contributed by atoms with E-state index in [4.69, 9.17) is 9.84 Å². The predicted molar refractivity (Wildman–Crippen MR) is 76.2 cm³/mol. The van der Waals surface area contributed by atoms with E-state index in [0.29, 0.717) is 29.3 Å². The quantitative estimate of drug-likeness (QED) is 0.519. The zero-order valence-electron chi connectivity index (χ0n) is 13.1. The van der Waals surface area contributed by atoms with Crippen molar-refractivity contribution >= 4 is 11.9 Å². The number of carboxylic acid groups (broad SMARTS) is 1. The Morgan fingerprint density at radius 3 is 2.45 bits per heavy atom. The van der Waals surface area contributed by atoms with Gasteiger partial charge in [0.25, 0.3) is 0 Å². The van der Waals surface area contributed by atoms with Gasteiger partial charge in [-0.15, -0.1) is 0 Å². The molecule has 3 atom stereocenters. The van der Waals surface area contributed by atoms with Crippen molar-refractivity contribution in [2.24, 2.45) is 11.8 Å². The number of rotatable bonds is 9. The molecule has 1 aliphatic carbocycles. The highest BCUT2D eigenvalue weighted by Crippen LogP contribution is 2.44. The summed E-state index contributed by atoms with van der Waals surface area (Å²) < 4.78 is 5.96. The molecule has 0 heterocycles. The summed E-state index contributed by atoms with van der Waals surface area (Å²) in [6, 6.07) is 0. The Morgan fingerprint density at radius 2 is 1.95 bits per heavy atom. The molecule has 1 saturated carbocycles. The average molecular weight is 286 g/mol. The molecular formula is C15H28NO4+. The molecular weight excluding hydrogens is 258 g/mol. The van der Waals surface area contributed by atoms with Crippen LogP contribution in [0.3, 0.4) is 0 Å². The second-order valence-electron chi connectivity index (χ2n) is 6.93. The lowest BCUT2D eigenvalue weighted by molar-refractivity contribution is -0.873. The first-order valence-corrected chi connectivity index (χ1v) is 7.43. The molecule has 5 nitrogen and oxygen atoms in total. The molecule has 0 aromatic carbocycles. The highest BCUT2D eigenvalue weighted by atomic mass is 16.5. The summed E-state index contributed by atoms with van der Waals surface area (Å²) in [5.41, 5.74) is 0. The van der Waals surface area contributed by atoms with Crippen LogP contribution in [0.2, 0.25) is 0 Å². The third-order valence-electron chi connectivity index (χ3n) is 3.61. The van der Waals surface area contributed by atoms with Gasteiger partial charge in [-0.25, -0.2) is 0 Å². The second kappa shape index (κ2) is 7.07. The zero-order chi connectivity index (χ0) is 15.3. The number of esters is 1. The van der Waals surface area contributed by atoms with Crippen LogP contribution < -0.4 is 0 Å². The molecule has 20 heavy (non-hydrogen) atoms. The van der Waals surface area contributed by atoms with Crippen LogP contribution in [0.25, 0.3) is 0 Å². The standard InChI is InChI=1S/C15H27NO4/c1-5-6-11-7-12(11)8-15(19)20-13(9-14(17)18)10-16(2,3)4/h11-13H,5-10H2,1-4H3/p+1/t11-,12-,13?/m0/s1. The summed E-state index contributed by atoms with van der Waals surface area (Å²) in [5.74, 6) is -0.0410. The van der Waals surface area contributed by atoms with E-state index in [9.17, 15) is 9.59 Å². The van der Waals surface area contributed by atoms with E-state index in [0.717, 1.165) is 12.8 Å². The molecule has 0 amide bonds. The Kier molecular flexibility index (Phi) is 5.99. The van der Waals surface area contributed by atoms with Crippen molar-refractivity contribution in [3.05, 3.63) is 0 Å². The second-order valence-corrected chi connectivity index (χ2v) is 6.93. The van der Waals surface area contributed by atoms with Crippen LogP contribution in [-0.2, 0) is 14.3 Å². The monoisotopic (exact) mass is 286 g/mol. The molecule has 0 aromatic heterocycles. The van der Waals surface area contributed by atoms with Gasteiger partial charge in [-0.05, 0) is 18.3 Å². The number of hydrogen-bond acceptors (Lipinski definition) is 3. The SMILES string of the molecule is CCC[C@H]1C[C@H]1CC(=O)OC(CC(=O)O)C[N+](C)(C)C. The van der Waals surface area contributed by atoms with E-state index in [1.54, 1.807) is 0 Å². The zero-order valence-corrected chi connectivity index (χ0v) is 13.1. The number of carbonyl (C=O) groups is 2. The Bertz CT molecular complexity index is 348. The first-order valence-electron chi connectivity index (χ1n) is 7.43. The van der Waals surface area contributed by atoms with Gasteiger partial charge >= 0.3 is 11.9 Å². The van der Waals surface area contributed by atoms with E-state index in [1.807, 2.05) is 21.1 Å². The Balaban J connectivity index is 2.40. The summed E-state index contributed by atoms with van der Waals surface area (Å²) in [5, 5.41) is 8.90. The minimum Gasteiger partial charge on any atom is -0.481 e. The normalized spacial score (nSPS) is 23.2. The molecule has 1 rings (SSSR count). The molecule has 1 N–H and O–H groups in total. The predicted octanol–water partition coefficient (Wildman–Crippen LogP) is 1.91. The van der Waals surface area contributed by atoms with Crippen LogP contribution in [0.1, 0.15) is 39.0 Å². The van der Waals surface area contributed by atoms with E-state index in [1.165, 1.54) is 6.42 Å². The van der Waals surface area contributed by atoms with Crippen molar-refractivity contribution in [3.8, 4) is 0 Å². The summed E-state index contributed by atoms with van der Waals surface area (Å²) in [4.78, 5) is 22.7. The van der Waals surface area contributed by atoms with Crippen LogP contribution in [0, 0.1) is 11.8 Å². The van der Waals surface area contributed by atoms with Crippen molar-refractivity contribution in [1.82, 2.24) is 0 Å². The first kappa shape index (κ1) is 17.0. The Labute approximate surface area is 121 Å². The molecule has 0 aromatic rings. The molecule has 1 fully saturated rings. The van der Waals surface area contributed by atoms with Gasteiger partial charge in [0.15, 0.2) is 6.10 Å². The number of carboxylic acids is 1. The number of hydrogen-bond donors (Lipinski definition) is 1. The minimum atomic E-state index is -0.925. The molecule has 116 valence electrons. The van der Waals surface area contributed by atoms with Crippen molar-refractivity contribution < 1.29 is 23.9 Å². The number of nitrogens with zero attached hydrogens (tertiary/aromatic N) is 1. The molecule has 1 unspecified atom stereocenters. The van der Waals surface area contributed by atoms with Crippen molar-refractivity contribution in [1.29, 1.82) is 0 Å². The topological polar surface area (TPSA) is 63.6 Å². The number of carbonyl (C=O) groups excluding carboxylic acids is 1. The third-order valence-corrected chi connectivity index (χ3v) is 3.61. The minimum absolute atomic E-state index is 0.121. The fourth-order valence-electron chi connectivity index (χ4n) is 2.68. The fraction of sp³-hybridized carbons (Fsp3) is 0.867. The van der Waals surface area contributed by atoms with Gasteiger partial charge < -0.3 is 14.3 Å². The third kappa shape index (κ3) is 6.89. The highest BCUT2D eigenvalue weighted by molar-refractivity contribution is 5.72. The smallest absolute Gasteiger partial charge is 0.307 e. The van der Waals surface area contributed by atoms with Crippen molar-refractivity contribution in [2.75, 3.05) is 27.7 Å². The van der Waals surface area contributed by atoms with Gasteiger partial charge in [0.05, 0.1) is 27.6 Å². The number of aliphatic carboxylic acids is 1. The molecule has 0 saturated heterocycles. The maximum Gasteiger partial charge on any atom is 0.307 e. The summed E-state index contributed by atoms with van der Waals surface area (Å²) in [7, 11) is 5.88. The first-order chi connectivity index (χ1) is 9.21. The fourth-order valence-corrected chi connectivity index (χ4v) is 2.68. The summed E-state index contributed by atoms with van der Waals surface area (Å²) in [6.07, 6.45) is 3.22. The lowest BCUT2D eigenvalue weighted by atomic mass is 10.1. The van der Waals surface area contributed by atoms with Crippen LogP contribution in [0.5, 0.6) is 0 Å². The number of quaternary nitrogens is 1. The number of likely N-dealkylation sites (N-methyl/N-ethyl adjacent to an activating group) is 1. The maximum atomic E-state index is 11.9. The van der Waals surface area contributed by atoms with Gasteiger partial charge in [0.1, 0.15) is 6.54 Å². The highest BCUT2D eigenvalue weighted by Gasteiger charge is 2.38. The maximum absolute atomic E-state index is 11.9. The van der Waals surface area contributed by atoms with Gasteiger partial charge in [0.2, 0.25) is 0 Å². The Hall–Kier alpha value is -1.10. The van der Waals surface area contributed by atoms with E-state index < -0.39 is 12.1 Å². The van der Waals surface area contributed by atoms with Gasteiger partial charge in [0, 0.05) is 6.42 Å². The van der Waals surface area contributed by atoms with Crippen LogP contribution >= 0.6 is 0 Å². The molecule has 5 heteroatoms. The molecule has 0 aliphatic heterocycles. The lowest BCUT2D eigenvalue weighted by Crippen LogP contribution is -2.43. The van der Waals surface area contributed by atoms with Gasteiger partial charge in [-0.1, -0.05) is 19.8 Å². The van der Waals surface area contributed by atoms with Crippen molar-refractivity contribution in [3.63, 3.8) is 0 Å². The van der Waals surface area contributed by atoms with Crippen LogP contribution in [0.15, 0.2) is 0 Å². The molecule has 0 radical (unpaired) electrons. The lowest BCUT2D eigenvalue weighted by Gasteiger charge is -2.28. The molecule has 0 spiro atoms. The number of ether oxygens (including phenoxy) is 1. The van der Waals surface area contributed by atoms with Crippen LogP contribution in [-0.4, -0.2) is 55.3 Å². The van der Waals surface area contributed by atoms with Gasteiger partial charge in [-0.3, -0.25) is 9.59 Å². The van der Waals surface area contributed by atoms with Crippen molar-refractivity contribution in [2.45, 2.75) is 45.1 Å². The summed E-state index contributed by atoms with van der Waals surface area (Å²) in [6.45, 7) is 2.67. The summed E-state index contributed by atoms with van der Waals surface area (Å²) >= 11 is 0.